The number of carboxylic acids is 1. The number of aliphatic carboxylic acids is 1. The Morgan fingerprint density at radius 3 is 3.07 bits per heavy atom. The lowest BCUT2D eigenvalue weighted by molar-refractivity contribution is -0.194. The van der Waals surface area contributed by atoms with Crippen molar-refractivity contribution in [1.82, 2.24) is 4.90 Å². The molecule has 5 nitrogen and oxygen atoms in total. The van der Waals surface area contributed by atoms with E-state index < -0.39 is 17.9 Å². The van der Waals surface area contributed by atoms with Crippen molar-refractivity contribution in [1.29, 1.82) is 0 Å². The number of rotatable bonds is 1. The third kappa shape index (κ3) is 1.21. The summed E-state index contributed by atoms with van der Waals surface area (Å²) in [6.45, 7) is 0.527. The molecule has 2 atom stereocenters. The molecule has 0 spiro atoms. The average Bonchev–Trinajstić information content (AvgIpc) is 2.51. The highest BCUT2D eigenvalue weighted by Gasteiger charge is 2.53. The first-order chi connectivity index (χ1) is 6.53. The number of amides is 1. The predicted octanol–water partition coefficient (Wildman–Crippen LogP) is 0.742. The van der Waals surface area contributed by atoms with Gasteiger partial charge in [-0.3, -0.25) is 0 Å². The van der Waals surface area contributed by atoms with E-state index in [0.29, 0.717) is 13.0 Å². The second-order valence-electron chi connectivity index (χ2n) is 3.60. The summed E-state index contributed by atoms with van der Waals surface area (Å²) in [4.78, 5) is 23.1. The van der Waals surface area contributed by atoms with Gasteiger partial charge in [-0.2, -0.15) is 4.39 Å². The van der Waals surface area contributed by atoms with Crippen molar-refractivity contribution in [3.63, 3.8) is 0 Å². The number of carboxylic acid groups (broad SMARTS) is 1. The lowest BCUT2D eigenvalue weighted by Gasteiger charge is -2.35. The third-order valence-electron chi connectivity index (χ3n) is 2.68. The second kappa shape index (κ2) is 2.83. The van der Waals surface area contributed by atoms with Crippen LogP contribution in [0.3, 0.4) is 0 Å². The van der Waals surface area contributed by atoms with Gasteiger partial charge in [-0.25, -0.2) is 9.59 Å². The van der Waals surface area contributed by atoms with Crippen LogP contribution in [0, 0.1) is 0 Å². The third-order valence-corrected chi connectivity index (χ3v) is 2.68. The minimum atomic E-state index is -2.83. The summed E-state index contributed by atoms with van der Waals surface area (Å²) in [5.74, 6) is -4.56. The van der Waals surface area contributed by atoms with Crippen LogP contribution in [0.2, 0.25) is 0 Å². The second-order valence-corrected chi connectivity index (χ2v) is 3.60. The highest BCUT2D eigenvalue weighted by Crippen LogP contribution is 2.34. The van der Waals surface area contributed by atoms with Crippen LogP contribution in [-0.4, -0.2) is 40.5 Å². The molecule has 2 rings (SSSR count). The van der Waals surface area contributed by atoms with E-state index in [4.69, 9.17) is 5.11 Å². The van der Waals surface area contributed by atoms with E-state index in [2.05, 4.69) is 4.74 Å². The van der Waals surface area contributed by atoms with Gasteiger partial charge in [0.25, 0.3) is 0 Å². The Morgan fingerprint density at radius 1 is 1.71 bits per heavy atom. The van der Waals surface area contributed by atoms with Gasteiger partial charge in [0.05, 0.1) is 6.42 Å². The first kappa shape index (κ1) is 9.23. The van der Waals surface area contributed by atoms with Crippen LogP contribution in [0.25, 0.3) is 0 Å². The minimum Gasteiger partial charge on any atom is -0.476 e. The van der Waals surface area contributed by atoms with Crippen molar-refractivity contribution in [2.75, 3.05) is 6.54 Å². The zero-order chi connectivity index (χ0) is 10.3. The minimum absolute atomic E-state index is 0.270. The van der Waals surface area contributed by atoms with Crippen LogP contribution in [0.5, 0.6) is 0 Å². The van der Waals surface area contributed by atoms with E-state index in [-0.39, 0.29) is 12.5 Å². The summed E-state index contributed by atoms with van der Waals surface area (Å²) in [6.07, 6.45) is 0.293. The molecule has 1 amide bonds. The number of ether oxygens (including phenoxy) is 1. The molecule has 2 fully saturated rings. The molecule has 78 valence electrons. The summed E-state index contributed by atoms with van der Waals surface area (Å²) in [5, 5.41) is 8.56. The van der Waals surface area contributed by atoms with Crippen molar-refractivity contribution in [3.05, 3.63) is 0 Å². The Bertz CT molecular complexity index is 295. The lowest BCUT2D eigenvalue weighted by atomic mass is 10.0. The van der Waals surface area contributed by atoms with Gasteiger partial charge < -0.3 is 14.7 Å². The molecule has 0 saturated carbocycles. The fourth-order valence-corrected chi connectivity index (χ4v) is 1.96. The molecular weight excluding hydrogens is 193 g/mol. The van der Waals surface area contributed by atoms with Crippen molar-refractivity contribution in [2.45, 2.75) is 31.2 Å². The zero-order valence-electron chi connectivity index (χ0n) is 7.40. The van der Waals surface area contributed by atoms with Crippen molar-refractivity contribution in [3.8, 4) is 0 Å². The van der Waals surface area contributed by atoms with Crippen LogP contribution < -0.4 is 0 Å². The lowest BCUT2D eigenvalue weighted by Crippen LogP contribution is -2.53. The molecule has 1 N–H and O–H groups in total. The largest absolute Gasteiger partial charge is 0.476 e. The fourth-order valence-electron chi connectivity index (χ4n) is 1.96. The van der Waals surface area contributed by atoms with Gasteiger partial charge >= 0.3 is 17.9 Å². The topological polar surface area (TPSA) is 66.8 Å². The number of halogens is 1. The van der Waals surface area contributed by atoms with Crippen molar-refractivity contribution in [2.24, 2.45) is 0 Å². The van der Waals surface area contributed by atoms with E-state index in [0.717, 1.165) is 6.42 Å². The smallest absolute Gasteiger partial charge is 0.413 e. The molecule has 6 heteroatoms. The molecule has 0 radical (unpaired) electrons. The Labute approximate surface area is 79.4 Å². The molecule has 0 aliphatic carbocycles. The Hall–Kier alpha value is -1.33. The molecule has 2 aliphatic heterocycles. The molecule has 2 heterocycles. The number of alkyl halides is 1. The maximum atomic E-state index is 13.5. The first-order valence-corrected chi connectivity index (χ1v) is 4.45. The summed E-state index contributed by atoms with van der Waals surface area (Å²) in [6, 6.07) is -0.322. The molecule has 14 heavy (non-hydrogen) atoms. The van der Waals surface area contributed by atoms with Gasteiger partial charge in [0, 0.05) is 12.6 Å². The molecule has 2 saturated heterocycles. The van der Waals surface area contributed by atoms with Crippen LogP contribution in [0.4, 0.5) is 9.18 Å². The number of nitrogens with zero attached hydrogens (tertiary/aromatic N) is 1. The Morgan fingerprint density at radius 2 is 2.43 bits per heavy atom. The number of carbonyl (C=O) groups excluding carboxylic acids is 1. The van der Waals surface area contributed by atoms with E-state index in [1.165, 1.54) is 4.90 Å². The Kier molecular flexibility index (Phi) is 1.87. The van der Waals surface area contributed by atoms with Gasteiger partial charge in [-0.1, -0.05) is 0 Å². The number of cyclic esters (lactones) is 1. The van der Waals surface area contributed by atoms with Crippen LogP contribution in [0.15, 0.2) is 0 Å². The summed E-state index contributed by atoms with van der Waals surface area (Å²) in [5.41, 5.74) is 0. The highest BCUT2D eigenvalue weighted by atomic mass is 19.2. The van der Waals surface area contributed by atoms with Crippen LogP contribution in [0.1, 0.15) is 19.3 Å². The highest BCUT2D eigenvalue weighted by molar-refractivity contribution is 5.81. The SMILES string of the molecule is O=C1OC(F)(C(=O)O)CC2CCCN12. The van der Waals surface area contributed by atoms with Crippen molar-refractivity contribution < 1.29 is 23.8 Å². The number of hydrogen-bond donors (Lipinski definition) is 1. The number of hydrogen-bond acceptors (Lipinski definition) is 3. The maximum absolute atomic E-state index is 13.5. The van der Waals surface area contributed by atoms with E-state index >= 15 is 0 Å². The van der Waals surface area contributed by atoms with E-state index in [1.54, 1.807) is 0 Å². The normalized spacial score (nSPS) is 36.5. The molecule has 0 aromatic heterocycles. The predicted molar refractivity (Wildman–Crippen MR) is 42.3 cm³/mol. The average molecular weight is 203 g/mol. The maximum Gasteiger partial charge on any atom is 0.413 e. The van der Waals surface area contributed by atoms with Gasteiger partial charge in [0.2, 0.25) is 0 Å². The molecule has 0 aromatic rings. The molecule has 0 bridgehead atoms. The van der Waals surface area contributed by atoms with Gasteiger partial charge in [-0.15, -0.1) is 0 Å². The van der Waals surface area contributed by atoms with Gasteiger partial charge in [0.15, 0.2) is 0 Å². The zero-order valence-corrected chi connectivity index (χ0v) is 7.40. The number of fused-ring (bicyclic) bond motifs is 1. The molecule has 2 unspecified atom stereocenters. The summed E-state index contributed by atoms with van der Waals surface area (Å²) < 4.78 is 17.8. The van der Waals surface area contributed by atoms with Crippen LogP contribution >= 0.6 is 0 Å². The Balaban J connectivity index is 2.20. The molecular formula is C8H10FNO4. The molecule has 0 aromatic carbocycles. The molecule has 2 aliphatic rings. The van der Waals surface area contributed by atoms with Crippen LogP contribution in [-0.2, 0) is 9.53 Å². The summed E-state index contributed by atoms with van der Waals surface area (Å²) >= 11 is 0. The van der Waals surface area contributed by atoms with Gasteiger partial charge in [0.1, 0.15) is 0 Å². The number of carbonyl (C=O) groups is 2. The quantitative estimate of drug-likeness (QED) is 0.682. The standard InChI is InChI=1S/C8H10FNO4/c9-8(6(11)12)4-5-2-1-3-10(5)7(13)14-8/h5H,1-4H2,(H,11,12). The summed E-state index contributed by atoms with van der Waals surface area (Å²) in [7, 11) is 0. The monoisotopic (exact) mass is 203 g/mol. The fraction of sp³-hybridized carbons (Fsp3) is 0.750. The van der Waals surface area contributed by atoms with Crippen molar-refractivity contribution >= 4 is 12.1 Å². The van der Waals surface area contributed by atoms with E-state index in [9.17, 15) is 14.0 Å². The van der Waals surface area contributed by atoms with E-state index in [1.807, 2.05) is 0 Å². The van der Waals surface area contributed by atoms with Gasteiger partial charge in [-0.05, 0) is 12.8 Å². The first-order valence-electron chi connectivity index (χ1n) is 4.45.